The number of hydrogen-bond donors (Lipinski definition) is 3. The third kappa shape index (κ3) is 6.03. The van der Waals surface area contributed by atoms with Gasteiger partial charge in [0.15, 0.2) is 0 Å². The van der Waals surface area contributed by atoms with Crippen LogP contribution in [0.4, 0.5) is 0 Å². The van der Waals surface area contributed by atoms with Crippen molar-refractivity contribution < 1.29 is 15.0 Å². The van der Waals surface area contributed by atoms with Crippen molar-refractivity contribution in [3.63, 3.8) is 0 Å². The second-order valence-corrected chi connectivity index (χ2v) is 4.99. The highest BCUT2D eigenvalue weighted by Crippen LogP contribution is 2.23. The lowest BCUT2D eigenvalue weighted by Gasteiger charge is -2.31. The highest BCUT2D eigenvalue weighted by molar-refractivity contribution is 5.66. The molecule has 1 aliphatic carbocycles. The maximum absolute atomic E-state index is 10.3. The Bertz CT molecular complexity index is 221. The fourth-order valence-electron chi connectivity index (χ4n) is 2.56. The van der Waals surface area contributed by atoms with E-state index in [1.165, 1.54) is 19.3 Å². The van der Waals surface area contributed by atoms with Crippen LogP contribution in [0.5, 0.6) is 0 Å². The molecule has 0 radical (unpaired) electrons. The summed E-state index contributed by atoms with van der Waals surface area (Å²) < 4.78 is 0. The lowest BCUT2D eigenvalue weighted by atomic mass is 9.85. The van der Waals surface area contributed by atoms with Gasteiger partial charge < -0.3 is 15.5 Å². The van der Waals surface area contributed by atoms with Crippen molar-refractivity contribution >= 4 is 5.97 Å². The molecule has 0 amide bonds. The molecule has 0 spiro atoms. The van der Waals surface area contributed by atoms with Crippen molar-refractivity contribution in [2.45, 2.75) is 57.4 Å². The first kappa shape index (κ1) is 14.5. The van der Waals surface area contributed by atoms with E-state index in [4.69, 9.17) is 5.11 Å². The van der Waals surface area contributed by atoms with Gasteiger partial charge in [0, 0.05) is 19.1 Å². The van der Waals surface area contributed by atoms with Gasteiger partial charge in [0.1, 0.15) is 0 Å². The van der Waals surface area contributed by atoms with E-state index in [0.29, 0.717) is 12.0 Å². The smallest absolute Gasteiger partial charge is 0.303 e. The molecule has 0 heterocycles. The molecule has 0 aromatic heterocycles. The summed E-state index contributed by atoms with van der Waals surface area (Å²) in [4.78, 5) is 10.3. The molecule has 17 heavy (non-hydrogen) atoms. The van der Waals surface area contributed by atoms with Crippen LogP contribution < -0.4 is 5.32 Å². The number of carbonyl (C=O) groups is 1. The van der Waals surface area contributed by atoms with Crippen molar-refractivity contribution in [2.24, 2.45) is 5.92 Å². The molecule has 4 heteroatoms. The van der Waals surface area contributed by atoms with E-state index in [-0.39, 0.29) is 13.0 Å². The Balaban J connectivity index is 2.02. The van der Waals surface area contributed by atoms with Crippen LogP contribution in [0.2, 0.25) is 0 Å². The average molecular weight is 243 g/mol. The van der Waals surface area contributed by atoms with E-state index >= 15 is 0 Å². The van der Waals surface area contributed by atoms with Gasteiger partial charge in [0.2, 0.25) is 0 Å². The van der Waals surface area contributed by atoms with E-state index in [9.17, 15) is 9.90 Å². The van der Waals surface area contributed by atoms with Crippen LogP contribution in [0.3, 0.4) is 0 Å². The second-order valence-electron chi connectivity index (χ2n) is 4.99. The predicted molar refractivity (Wildman–Crippen MR) is 66.9 cm³/mol. The van der Waals surface area contributed by atoms with Gasteiger partial charge in [-0.1, -0.05) is 19.3 Å². The topological polar surface area (TPSA) is 69.6 Å². The van der Waals surface area contributed by atoms with E-state index in [2.05, 4.69) is 5.32 Å². The van der Waals surface area contributed by atoms with Gasteiger partial charge in [-0.05, 0) is 38.1 Å². The molecule has 1 rings (SSSR count). The van der Waals surface area contributed by atoms with E-state index in [1.54, 1.807) is 0 Å². The second kappa shape index (κ2) is 8.48. The molecule has 1 saturated carbocycles. The molecule has 100 valence electrons. The van der Waals surface area contributed by atoms with Crippen molar-refractivity contribution in [3.05, 3.63) is 0 Å². The molecule has 0 saturated heterocycles. The van der Waals surface area contributed by atoms with Crippen LogP contribution in [0, 0.1) is 5.92 Å². The number of nitrogens with one attached hydrogen (secondary N) is 1. The zero-order chi connectivity index (χ0) is 12.5. The summed E-state index contributed by atoms with van der Waals surface area (Å²) in [5.74, 6) is -0.284. The van der Waals surface area contributed by atoms with Gasteiger partial charge in [-0.15, -0.1) is 0 Å². The number of aliphatic carboxylic acids is 1. The first-order valence-corrected chi connectivity index (χ1v) is 6.80. The van der Waals surface area contributed by atoms with Gasteiger partial charge in [-0.2, -0.15) is 0 Å². The summed E-state index contributed by atoms with van der Waals surface area (Å²) in [5, 5.41) is 21.3. The Labute approximate surface area is 103 Å². The normalized spacial score (nSPS) is 24.8. The molecule has 0 bridgehead atoms. The highest BCUT2D eigenvalue weighted by Gasteiger charge is 2.23. The molecule has 0 aliphatic heterocycles. The van der Waals surface area contributed by atoms with Gasteiger partial charge in [0.05, 0.1) is 0 Å². The van der Waals surface area contributed by atoms with E-state index < -0.39 is 5.97 Å². The van der Waals surface area contributed by atoms with Gasteiger partial charge >= 0.3 is 5.97 Å². The minimum absolute atomic E-state index is 0.280. The summed E-state index contributed by atoms with van der Waals surface area (Å²) in [6, 6.07) is 0.466. The number of hydrogen-bond acceptors (Lipinski definition) is 3. The van der Waals surface area contributed by atoms with Gasteiger partial charge in [0.25, 0.3) is 0 Å². The summed E-state index contributed by atoms with van der Waals surface area (Å²) in [7, 11) is 0. The molecule has 1 aliphatic rings. The number of carboxylic acids is 1. The summed E-state index contributed by atoms with van der Waals surface area (Å²) >= 11 is 0. The first-order valence-electron chi connectivity index (χ1n) is 6.80. The summed E-state index contributed by atoms with van der Waals surface area (Å²) in [5.41, 5.74) is 0. The van der Waals surface area contributed by atoms with Crippen LogP contribution in [-0.2, 0) is 4.79 Å². The van der Waals surface area contributed by atoms with Crippen molar-refractivity contribution in [3.8, 4) is 0 Å². The minimum atomic E-state index is -0.703. The minimum Gasteiger partial charge on any atom is -0.481 e. The number of rotatable bonds is 8. The van der Waals surface area contributed by atoms with Crippen molar-refractivity contribution in [1.29, 1.82) is 0 Å². The maximum atomic E-state index is 10.3. The van der Waals surface area contributed by atoms with Crippen LogP contribution in [0.1, 0.15) is 51.4 Å². The summed E-state index contributed by atoms with van der Waals surface area (Å²) in [6.45, 7) is 1.23. The third-order valence-electron chi connectivity index (χ3n) is 3.62. The molecule has 4 nitrogen and oxygen atoms in total. The molecular formula is C13H25NO3. The fraction of sp³-hybridized carbons (Fsp3) is 0.923. The maximum Gasteiger partial charge on any atom is 0.303 e. The number of aliphatic hydroxyl groups is 1. The zero-order valence-corrected chi connectivity index (χ0v) is 10.5. The molecule has 2 unspecified atom stereocenters. The van der Waals surface area contributed by atoms with Crippen molar-refractivity contribution in [1.82, 2.24) is 5.32 Å². The quantitative estimate of drug-likeness (QED) is 0.568. The van der Waals surface area contributed by atoms with Crippen LogP contribution in [0.15, 0.2) is 0 Å². The lowest BCUT2D eigenvalue weighted by Crippen LogP contribution is -2.40. The van der Waals surface area contributed by atoms with Gasteiger partial charge in [-0.3, -0.25) is 4.79 Å². The Kier molecular flexibility index (Phi) is 7.21. The molecule has 0 aromatic rings. The highest BCUT2D eigenvalue weighted by atomic mass is 16.4. The predicted octanol–water partition coefficient (Wildman–Crippen LogP) is 1.77. The molecule has 1 fully saturated rings. The van der Waals surface area contributed by atoms with Crippen LogP contribution in [0.25, 0.3) is 0 Å². The summed E-state index contributed by atoms with van der Waals surface area (Å²) in [6.07, 6.45) is 7.84. The van der Waals surface area contributed by atoms with E-state index in [1.807, 2.05) is 0 Å². The number of aliphatic hydroxyl groups excluding tert-OH is 1. The molecule has 0 aromatic carbocycles. The van der Waals surface area contributed by atoms with Crippen LogP contribution >= 0.6 is 0 Å². The molecule has 3 N–H and O–H groups in total. The first-order chi connectivity index (χ1) is 8.24. The lowest BCUT2D eigenvalue weighted by molar-refractivity contribution is -0.137. The van der Waals surface area contributed by atoms with Crippen molar-refractivity contribution in [2.75, 3.05) is 13.2 Å². The Morgan fingerprint density at radius 3 is 2.65 bits per heavy atom. The standard InChI is InChI=1S/C13H25NO3/c15-10-11-6-3-4-7-12(11)14-9-5-1-2-8-13(16)17/h11-12,14-15H,1-10H2,(H,16,17). The van der Waals surface area contributed by atoms with Crippen LogP contribution in [-0.4, -0.2) is 35.4 Å². The molecule has 2 atom stereocenters. The number of carboxylic acid groups (broad SMARTS) is 1. The zero-order valence-electron chi connectivity index (χ0n) is 10.5. The van der Waals surface area contributed by atoms with E-state index in [0.717, 1.165) is 32.2 Å². The average Bonchev–Trinajstić information content (AvgIpc) is 2.33. The fourth-order valence-corrected chi connectivity index (χ4v) is 2.56. The third-order valence-corrected chi connectivity index (χ3v) is 3.62. The number of unbranched alkanes of at least 4 members (excludes halogenated alkanes) is 2. The largest absolute Gasteiger partial charge is 0.481 e. The Morgan fingerprint density at radius 2 is 1.94 bits per heavy atom. The van der Waals surface area contributed by atoms with Gasteiger partial charge in [-0.25, -0.2) is 0 Å². The monoisotopic (exact) mass is 243 g/mol. The SMILES string of the molecule is O=C(O)CCCCCNC1CCCCC1CO. The molecular weight excluding hydrogens is 218 g/mol. The Morgan fingerprint density at radius 1 is 1.18 bits per heavy atom. The Hall–Kier alpha value is -0.610.